The van der Waals surface area contributed by atoms with Crippen molar-refractivity contribution < 1.29 is 23.8 Å². The van der Waals surface area contributed by atoms with E-state index in [1.165, 1.54) is 0 Å². The molecule has 0 fully saturated rings. The number of amides is 1. The number of hydrogen-bond donors (Lipinski definition) is 1. The van der Waals surface area contributed by atoms with Crippen molar-refractivity contribution in [2.45, 2.75) is 26.5 Å². The number of carbonyl (C=O) groups is 2. The van der Waals surface area contributed by atoms with Gasteiger partial charge in [0.1, 0.15) is 31.6 Å². The minimum absolute atomic E-state index is 0.0609. The van der Waals surface area contributed by atoms with Crippen molar-refractivity contribution in [2.24, 2.45) is 5.92 Å². The third kappa shape index (κ3) is 7.48. The Kier molecular flexibility index (Phi) is 8.62. The predicted octanol–water partition coefficient (Wildman–Crippen LogP) is 4.21. The van der Waals surface area contributed by atoms with Gasteiger partial charge < -0.3 is 19.5 Å². The van der Waals surface area contributed by atoms with Crippen molar-refractivity contribution in [1.29, 1.82) is 0 Å². The van der Waals surface area contributed by atoms with Crippen LogP contribution in [0.2, 0.25) is 5.02 Å². The number of ether oxygens (including phenoxy) is 3. The topological polar surface area (TPSA) is 73.9 Å². The van der Waals surface area contributed by atoms with Crippen LogP contribution in [0.15, 0.2) is 54.6 Å². The first-order chi connectivity index (χ1) is 13.5. The smallest absolute Gasteiger partial charge is 0.408 e. The Morgan fingerprint density at radius 1 is 0.964 bits per heavy atom. The van der Waals surface area contributed by atoms with E-state index in [1.807, 2.05) is 44.2 Å². The number of hydrogen-bond acceptors (Lipinski definition) is 5. The lowest BCUT2D eigenvalue weighted by Crippen LogP contribution is -2.45. The fourth-order valence-electron chi connectivity index (χ4n) is 2.31. The van der Waals surface area contributed by atoms with Crippen LogP contribution in [0.3, 0.4) is 0 Å². The highest BCUT2D eigenvalue weighted by molar-refractivity contribution is 6.30. The Morgan fingerprint density at radius 3 is 2.29 bits per heavy atom. The molecule has 0 saturated carbocycles. The Bertz CT molecular complexity index is 749. The molecule has 0 spiro atoms. The normalized spacial score (nSPS) is 11.6. The zero-order valence-corrected chi connectivity index (χ0v) is 16.6. The van der Waals surface area contributed by atoms with Gasteiger partial charge in [-0.05, 0) is 35.7 Å². The third-order valence-corrected chi connectivity index (χ3v) is 4.07. The molecule has 0 aromatic heterocycles. The summed E-state index contributed by atoms with van der Waals surface area (Å²) in [5, 5.41) is 3.17. The first kappa shape index (κ1) is 21.6. The fraction of sp³-hybridized carbons (Fsp3) is 0.333. The van der Waals surface area contributed by atoms with Gasteiger partial charge in [-0.2, -0.15) is 0 Å². The maximum absolute atomic E-state index is 12.3. The molecule has 0 aliphatic carbocycles. The van der Waals surface area contributed by atoms with E-state index in [9.17, 15) is 9.59 Å². The fourth-order valence-corrected chi connectivity index (χ4v) is 2.44. The van der Waals surface area contributed by atoms with E-state index < -0.39 is 18.1 Å². The van der Waals surface area contributed by atoms with Crippen LogP contribution in [0, 0.1) is 5.92 Å². The van der Waals surface area contributed by atoms with Gasteiger partial charge in [-0.25, -0.2) is 9.59 Å². The van der Waals surface area contributed by atoms with E-state index in [-0.39, 0.29) is 25.7 Å². The SMILES string of the molecule is CC(C)[C@H](NC(=O)OCc1ccccc1)C(=O)OCCOc1ccc(Cl)cc1. The first-order valence-electron chi connectivity index (χ1n) is 8.98. The molecule has 1 amide bonds. The first-order valence-corrected chi connectivity index (χ1v) is 9.35. The van der Waals surface area contributed by atoms with E-state index in [0.29, 0.717) is 10.8 Å². The van der Waals surface area contributed by atoms with Crippen LogP contribution in [-0.2, 0) is 20.9 Å². The number of benzene rings is 2. The van der Waals surface area contributed by atoms with Gasteiger partial charge in [0.15, 0.2) is 0 Å². The summed E-state index contributed by atoms with van der Waals surface area (Å²) in [5.74, 6) is -0.0659. The number of esters is 1. The van der Waals surface area contributed by atoms with Gasteiger partial charge in [-0.3, -0.25) is 0 Å². The average molecular weight is 406 g/mol. The highest BCUT2D eigenvalue weighted by atomic mass is 35.5. The molecule has 0 radical (unpaired) electrons. The molecule has 2 rings (SSSR count). The summed E-state index contributed by atoms with van der Waals surface area (Å²) >= 11 is 5.81. The standard InChI is InChI=1S/C21H24ClNO5/c1-15(2)19(23-21(25)28-14-16-6-4-3-5-7-16)20(24)27-13-12-26-18-10-8-17(22)9-11-18/h3-11,15,19H,12-14H2,1-2H3,(H,23,25)/t19-/m0/s1. The number of alkyl carbamates (subject to hydrolysis) is 1. The predicted molar refractivity (Wildman–Crippen MR) is 106 cm³/mol. The molecule has 2 aromatic rings. The van der Waals surface area contributed by atoms with Crippen LogP contribution in [0.4, 0.5) is 4.79 Å². The molecular weight excluding hydrogens is 382 g/mol. The van der Waals surface area contributed by atoms with E-state index in [0.717, 1.165) is 5.56 Å². The molecule has 6 nitrogen and oxygen atoms in total. The van der Waals surface area contributed by atoms with Gasteiger partial charge in [0, 0.05) is 5.02 Å². The van der Waals surface area contributed by atoms with Gasteiger partial charge in [-0.1, -0.05) is 55.8 Å². The lowest BCUT2D eigenvalue weighted by atomic mass is 10.1. The highest BCUT2D eigenvalue weighted by Crippen LogP contribution is 2.15. The molecule has 1 atom stereocenters. The summed E-state index contributed by atoms with van der Waals surface area (Å²) in [5.41, 5.74) is 0.862. The number of carbonyl (C=O) groups excluding carboxylic acids is 2. The second-order valence-corrected chi connectivity index (χ2v) is 6.83. The van der Waals surface area contributed by atoms with Crippen molar-refractivity contribution in [2.75, 3.05) is 13.2 Å². The largest absolute Gasteiger partial charge is 0.490 e. The van der Waals surface area contributed by atoms with Crippen molar-refractivity contribution in [3.05, 3.63) is 65.2 Å². The minimum Gasteiger partial charge on any atom is -0.490 e. The van der Waals surface area contributed by atoms with E-state index in [4.69, 9.17) is 25.8 Å². The second-order valence-electron chi connectivity index (χ2n) is 6.40. The molecular formula is C21H24ClNO5. The van der Waals surface area contributed by atoms with E-state index in [1.54, 1.807) is 24.3 Å². The molecule has 28 heavy (non-hydrogen) atoms. The second kappa shape index (κ2) is 11.2. The van der Waals surface area contributed by atoms with Gasteiger partial charge >= 0.3 is 12.1 Å². The van der Waals surface area contributed by atoms with Crippen LogP contribution >= 0.6 is 11.6 Å². The Hall–Kier alpha value is -2.73. The Labute approximate surface area is 169 Å². The third-order valence-electron chi connectivity index (χ3n) is 3.82. The van der Waals surface area contributed by atoms with Crippen molar-refractivity contribution >= 4 is 23.7 Å². The summed E-state index contributed by atoms with van der Waals surface area (Å²) < 4.78 is 15.8. The Morgan fingerprint density at radius 2 is 1.64 bits per heavy atom. The molecule has 1 N–H and O–H groups in total. The number of nitrogens with one attached hydrogen (secondary N) is 1. The van der Waals surface area contributed by atoms with Crippen molar-refractivity contribution in [3.8, 4) is 5.75 Å². The maximum Gasteiger partial charge on any atom is 0.408 e. The zero-order valence-electron chi connectivity index (χ0n) is 15.9. The van der Waals surface area contributed by atoms with Crippen molar-refractivity contribution in [1.82, 2.24) is 5.32 Å². The number of halogens is 1. The maximum atomic E-state index is 12.3. The molecule has 0 bridgehead atoms. The van der Waals surface area contributed by atoms with E-state index in [2.05, 4.69) is 5.32 Å². The minimum atomic E-state index is -0.807. The monoisotopic (exact) mass is 405 g/mol. The summed E-state index contributed by atoms with van der Waals surface area (Å²) in [6.07, 6.45) is -0.670. The van der Waals surface area contributed by atoms with Gasteiger partial charge in [0.05, 0.1) is 0 Å². The lowest BCUT2D eigenvalue weighted by molar-refractivity contribution is -0.148. The highest BCUT2D eigenvalue weighted by Gasteiger charge is 2.26. The molecule has 0 unspecified atom stereocenters. The zero-order chi connectivity index (χ0) is 20.4. The molecule has 0 aliphatic heterocycles. The van der Waals surface area contributed by atoms with Crippen LogP contribution in [0.5, 0.6) is 5.75 Å². The molecule has 0 aliphatic rings. The summed E-state index contributed by atoms with van der Waals surface area (Å²) in [6, 6.07) is 15.4. The van der Waals surface area contributed by atoms with Crippen LogP contribution in [0.25, 0.3) is 0 Å². The quantitative estimate of drug-likeness (QED) is 0.499. The van der Waals surface area contributed by atoms with Crippen LogP contribution in [0.1, 0.15) is 19.4 Å². The summed E-state index contributed by atoms with van der Waals surface area (Å²) in [4.78, 5) is 24.3. The molecule has 7 heteroatoms. The van der Waals surface area contributed by atoms with Gasteiger partial charge in [0.25, 0.3) is 0 Å². The summed E-state index contributed by atoms with van der Waals surface area (Å²) in [6.45, 7) is 4.00. The number of rotatable bonds is 9. The molecule has 0 saturated heterocycles. The molecule has 150 valence electrons. The lowest BCUT2D eigenvalue weighted by Gasteiger charge is -2.20. The van der Waals surface area contributed by atoms with Crippen LogP contribution < -0.4 is 10.1 Å². The van der Waals surface area contributed by atoms with Gasteiger partial charge in [0.2, 0.25) is 0 Å². The Balaban J connectivity index is 1.74. The van der Waals surface area contributed by atoms with E-state index >= 15 is 0 Å². The molecule has 2 aromatic carbocycles. The van der Waals surface area contributed by atoms with Crippen LogP contribution in [-0.4, -0.2) is 31.3 Å². The van der Waals surface area contributed by atoms with Crippen molar-refractivity contribution in [3.63, 3.8) is 0 Å². The molecule has 0 heterocycles. The average Bonchev–Trinajstić information content (AvgIpc) is 2.69. The summed E-state index contributed by atoms with van der Waals surface area (Å²) in [7, 11) is 0. The van der Waals surface area contributed by atoms with Gasteiger partial charge in [-0.15, -0.1) is 0 Å².